The summed E-state index contributed by atoms with van der Waals surface area (Å²) in [6.07, 6.45) is -0.0453. The molecular weight excluding hydrogens is 555 g/mol. The van der Waals surface area contributed by atoms with Crippen molar-refractivity contribution in [2.24, 2.45) is 0 Å². The SMILES string of the molecule is COc1ccc(-c2nc(NC(=O)CCN(c3cc(C)cc(C)c3)S(=O)(=O)c3ccc4ccccc4c3)sc2C)cc1. The number of carbonyl (C=O) groups is 1. The number of hydrogen-bond donors (Lipinski definition) is 1. The summed E-state index contributed by atoms with van der Waals surface area (Å²) >= 11 is 1.38. The third-order valence-corrected chi connectivity index (χ3v) is 9.46. The molecular formula is C32H31N3O4S2. The Morgan fingerprint density at radius 2 is 1.59 bits per heavy atom. The molecule has 7 nitrogen and oxygen atoms in total. The second-order valence-corrected chi connectivity index (χ2v) is 12.9. The van der Waals surface area contributed by atoms with Gasteiger partial charge in [0.1, 0.15) is 5.75 Å². The molecule has 0 unspecified atom stereocenters. The molecule has 0 aliphatic rings. The van der Waals surface area contributed by atoms with Crippen molar-refractivity contribution in [3.63, 3.8) is 0 Å². The van der Waals surface area contributed by atoms with Crippen LogP contribution in [-0.4, -0.2) is 33.0 Å². The first-order valence-corrected chi connectivity index (χ1v) is 15.4. The van der Waals surface area contributed by atoms with Crippen LogP contribution in [0.4, 0.5) is 10.8 Å². The fraction of sp³-hybridized carbons (Fsp3) is 0.188. The van der Waals surface area contributed by atoms with Crippen LogP contribution < -0.4 is 14.4 Å². The molecule has 0 aliphatic carbocycles. The standard InChI is InChI=1S/C32H31N3O4S2/c1-21-17-22(2)19-27(18-21)35(41(37,38)29-14-11-24-7-5-6-8-26(24)20-29)16-15-30(36)33-32-34-31(23(3)40-32)25-9-12-28(39-4)13-10-25/h5-14,17-20H,15-16H2,1-4H3,(H,33,34,36). The lowest BCUT2D eigenvalue weighted by Crippen LogP contribution is -2.34. The van der Waals surface area contributed by atoms with E-state index in [4.69, 9.17) is 4.74 Å². The van der Waals surface area contributed by atoms with Gasteiger partial charge >= 0.3 is 0 Å². The van der Waals surface area contributed by atoms with Crippen LogP contribution >= 0.6 is 11.3 Å². The van der Waals surface area contributed by atoms with Crippen LogP contribution in [0.5, 0.6) is 5.75 Å². The first-order valence-electron chi connectivity index (χ1n) is 13.2. The minimum absolute atomic E-state index is 0.0282. The molecule has 1 heterocycles. The summed E-state index contributed by atoms with van der Waals surface area (Å²) in [4.78, 5) is 18.8. The molecule has 0 fully saturated rings. The number of nitrogens with one attached hydrogen (secondary N) is 1. The minimum atomic E-state index is -3.96. The number of sulfonamides is 1. The first-order chi connectivity index (χ1) is 19.6. The van der Waals surface area contributed by atoms with E-state index in [9.17, 15) is 13.2 Å². The van der Waals surface area contributed by atoms with E-state index in [-0.39, 0.29) is 23.8 Å². The van der Waals surface area contributed by atoms with Gasteiger partial charge in [-0.2, -0.15) is 0 Å². The van der Waals surface area contributed by atoms with Crippen molar-refractivity contribution in [3.8, 4) is 17.0 Å². The molecule has 5 rings (SSSR count). The molecule has 5 aromatic rings. The highest BCUT2D eigenvalue weighted by molar-refractivity contribution is 7.92. The molecule has 0 saturated carbocycles. The highest BCUT2D eigenvalue weighted by Crippen LogP contribution is 2.32. The number of rotatable bonds is 9. The van der Waals surface area contributed by atoms with Crippen molar-refractivity contribution in [1.29, 1.82) is 0 Å². The van der Waals surface area contributed by atoms with Crippen LogP contribution in [0.3, 0.4) is 0 Å². The number of benzene rings is 4. The Bertz CT molecular complexity index is 1810. The molecule has 1 amide bonds. The number of carbonyl (C=O) groups excluding carboxylic acids is 1. The molecule has 1 aromatic heterocycles. The lowest BCUT2D eigenvalue weighted by Gasteiger charge is -2.25. The zero-order valence-corrected chi connectivity index (χ0v) is 25.0. The van der Waals surface area contributed by atoms with Crippen LogP contribution in [0, 0.1) is 20.8 Å². The van der Waals surface area contributed by atoms with Crippen molar-refractivity contribution in [2.75, 3.05) is 23.3 Å². The molecule has 0 aliphatic heterocycles. The van der Waals surface area contributed by atoms with Gasteiger partial charge in [0.15, 0.2) is 5.13 Å². The van der Waals surface area contributed by atoms with Crippen molar-refractivity contribution < 1.29 is 17.9 Å². The van der Waals surface area contributed by atoms with E-state index in [1.807, 2.05) is 87.5 Å². The summed E-state index contributed by atoms with van der Waals surface area (Å²) < 4.78 is 34.6. The minimum Gasteiger partial charge on any atom is -0.497 e. The van der Waals surface area contributed by atoms with Crippen LogP contribution in [-0.2, 0) is 14.8 Å². The summed E-state index contributed by atoms with van der Waals surface area (Å²) in [7, 11) is -2.35. The zero-order valence-electron chi connectivity index (χ0n) is 23.3. The molecule has 0 spiro atoms. The predicted molar refractivity (Wildman–Crippen MR) is 166 cm³/mol. The molecule has 0 radical (unpaired) electrons. The number of methoxy groups -OCH3 is 1. The van der Waals surface area contributed by atoms with Gasteiger partial charge in [0.25, 0.3) is 10.0 Å². The Labute approximate surface area is 244 Å². The Kier molecular flexibility index (Phi) is 8.10. The summed E-state index contributed by atoms with van der Waals surface area (Å²) in [5, 5.41) is 5.12. The smallest absolute Gasteiger partial charge is 0.264 e. The monoisotopic (exact) mass is 585 g/mol. The zero-order chi connectivity index (χ0) is 29.1. The average molecular weight is 586 g/mol. The van der Waals surface area contributed by atoms with Gasteiger partial charge in [-0.3, -0.25) is 9.10 Å². The lowest BCUT2D eigenvalue weighted by molar-refractivity contribution is -0.116. The van der Waals surface area contributed by atoms with E-state index in [1.165, 1.54) is 15.6 Å². The van der Waals surface area contributed by atoms with E-state index < -0.39 is 10.0 Å². The second-order valence-electron chi connectivity index (χ2n) is 9.88. The largest absolute Gasteiger partial charge is 0.497 e. The fourth-order valence-corrected chi connectivity index (χ4v) is 7.13. The quantitative estimate of drug-likeness (QED) is 0.199. The van der Waals surface area contributed by atoms with Gasteiger partial charge in [0.2, 0.25) is 5.91 Å². The van der Waals surface area contributed by atoms with Gasteiger partial charge < -0.3 is 10.1 Å². The van der Waals surface area contributed by atoms with Crippen LogP contribution in [0.1, 0.15) is 22.4 Å². The molecule has 0 atom stereocenters. The maximum atomic E-state index is 14.0. The number of fused-ring (bicyclic) bond motifs is 1. The normalized spacial score (nSPS) is 11.4. The average Bonchev–Trinajstić information content (AvgIpc) is 3.31. The molecule has 0 bridgehead atoms. The van der Waals surface area contributed by atoms with E-state index >= 15 is 0 Å². The Morgan fingerprint density at radius 1 is 0.902 bits per heavy atom. The van der Waals surface area contributed by atoms with E-state index in [0.29, 0.717) is 10.8 Å². The summed E-state index contributed by atoms with van der Waals surface area (Å²) in [6, 6.07) is 26.0. The summed E-state index contributed by atoms with van der Waals surface area (Å²) in [6.45, 7) is 5.77. The van der Waals surface area contributed by atoms with Crippen molar-refractivity contribution in [3.05, 3.63) is 101 Å². The Morgan fingerprint density at radius 3 is 2.27 bits per heavy atom. The third-order valence-electron chi connectivity index (χ3n) is 6.75. The van der Waals surface area contributed by atoms with Crippen molar-refractivity contribution >= 4 is 48.9 Å². The first kappa shape index (κ1) is 28.3. The number of amides is 1. The van der Waals surface area contributed by atoms with Gasteiger partial charge in [-0.05, 0) is 91.2 Å². The van der Waals surface area contributed by atoms with Crippen molar-refractivity contribution in [1.82, 2.24) is 4.98 Å². The van der Waals surface area contributed by atoms with E-state index in [0.717, 1.165) is 43.8 Å². The Hall–Kier alpha value is -4.21. The number of aryl methyl sites for hydroxylation is 3. The molecule has 4 aromatic carbocycles. The number of hydrogen-bond acceptors (Lipinski definition) is 6. The van der Waals surface area contributed by atoms with Crippen LogP contribution in [0.25, 0.3) is 22.0 Å². The highest BCUT2D eigenvalue weighted by Gasteiger charge is 2.26. The predicted octanol–water partition coefficient (Wildman–Crippen LogP) is 7.12. The van der Waals surface area contributed by atoms with Crippen LogP contribution in [0.2, 0.25) is 0 Å². The molecule has 9 heteroatoms. The number of aromatic nitrogens is 1. The van der Waals surface area contributed by atoms with Gasteiger partial charge in [0, 0.05) is 23.4 Å². The van der Waals surface area contributed by atoms with Gasteiger partial charge in [-0.15, -0.1) is 11.3 Å². The van der Waals surface area contributed by atoms with Crippen molar-refractivity contribution in [2.45, 2.75) is 32.1 Å². The second kappa shape index (κ2) is 11.7. The number of ether oxygens (including phenoxy) is 1. The molecule has 41 heavy (non-hydrogen) atoms. The Balaban J connectivity index is 1.38. The van der Waals surface area contributed by atoms with Gasteiger partial charge in [-0.25, -0.2) is 13.4 Å². The number of nitrogens with zero attached hydrogens (tertiary/aromatic N) is 2. The van der Waals surface area contributed by atoms with Crippen LogP contribution in [0.15, 0.2) is 89.8 Å². The highest BCUT2D eigenvalue weighted by atomic mass is 32.2. The third kappa shape index (κ3) is 6.26. The summed E-state index contributed by atoms with van der Waals surface area (Å²) in [5.74, 6) is 0.435. The molecule has 1 N–H and O–H groups in total. The fourth-order valence-electron chi connectivity index (χ4n) is 4.79. The van der Waals surface area contributed by atoms with Gasteiger partial charge in [0.05, 0.1) is 23.4 Å². The maximum absolute atomic E-state index is 14.0. The topological polar surface area (TPSA) is 88.6 Å². The number of anilines is 2. The van der Waals surface area contributed by atoms with E-state index in [2.05, 4.69) is 10.3 Å². The van der Waals surface area contributed by atoms with Gasteiger partial charge in [-0.1, -0.05) is 36.4 Å². The number of thiazole rings is 1. The lowest BCUT2D eigenvalue weighted by atomic mass is 10.1. The molecule has 0 saturated heterocycles. The summed E-state index contributed by atoms with van der Waals surface area (Å²) in [5.41, 5.74) is 4.10. The maximum Gasteiger partial charge on any atom is 0.264 e. The molecule has 210 valence electrons. The van der Waals surface area contributed by atoms with E-state index in [1.54, 1.807) is 25.3 Å².